The maximum absolute atomic E-state index is 12.4. The first-order valence-electron chi connectivity index (χ1n) is 4.66. The van der Waals surface area contributed by atoms with E-state index in [1.54, 1.807) is 0 Å². The summed E-state index contributed by atoms with van der Waals surface area (Å²) in [5.74, 6) is -0.812. The molecular formula is C9H6BrF3N4O. The standard InChI is InChI=1S/C9H6BrF3N4O/c10-7-4-2-15-5(8(14)18)1-6(4)17(16-7)3-9(11,12)13/h1-2H,3H2,(H2,14,18). The lowest BCUT2D eigenvalue weighted by atomic mass is 10.3. The number of fused-ring (bicyclic) bond motifs is 1. The number of nitrogens with zero attached hydrogens (tertiary/aromatic N) is 3. The molecule has 0 spiro atoms. The SMILES string of the molecule is NC(=O)c1cc2c(cn1)c(Br)nn2CC(F)(F)F. The average molecular weight is 323 g/mol. The molecule has 0 aliphatic carbocycles. The third-order valence-corrected chi connectivity index (χ3v) is 2.76. The fraction of sp³-hybridized carbons (Fsp3) is 0.222. The maximum atomic E-state index is 12.4. The minimum atomic E-state index is -4.41. The Balaban J connectivity index is 2.59. The van der Waals surface area contributed by atoms with Gasteiger partial charge in [0.15, 0.2) is 0 Å². The first-order chi connectivity index (χ1) is 8.28. The van der Waals surface area contributed by atoms with Crippen molar-refractivity contribution in [3.8, 4) is 0 Å². The highest BCUT2D eigenvalue weighted by atomic mass is 79.9. The molecule has 0 radical (unpaired) electrons. The third kappa shape index (κ3) is 2.45. The molecule has 0 saturated carbocycles. The maximum Gasteiger partial charge on any atom is 0.408 e. The Bertz CT molecular complexity index is 622. The van der Waals surface area contributed by atoms with Crippen LogP contribution in [0.1, 0.15) is 10.5 Å². The number of pyridine rings is 1. The summed E-state index contributed by atoms with van der Waals surface area (Å²) in [6.45, 7) is -1.25. The summed E-state index contributed by atoms with van der Waals surface area (Å²) in [4.78, 5) is 14.7. The molecule has 9 heteroatoms. The van der Waals surface area contributed by atoms with Gasteiger partial charge in [-0.1, -0.05) is 0 Å². The van der Waals surface area contributed by atoms with E-state index >= 15 is 0 Å². The second kappa shape index (κ2) is 4.23. The lowest BCUT2D eigenvalue weighted by Gasteiger charge is -2.07. The van der Waals surface area contributed by atoms with Crippen LogP contribution in [0, 0.1) is 0 Å². The van der Waals surface area contributed by atoms with Gasteiger partial charge in [-0.2, -0.15) is 18.3 Å². The molecule has 1 amide bonds. The number of nitrogens with two attached hydrogens (primary N) is 1. The molecule has 0 unspecified atom stereocenters. The molecule has 0 saturated heterocycles. The number of hydrogen-bond donors (Lipinski definition) is 1. The molecule has 0 aromatic carbocycles. The van der Waals surface area contributed by atoms with Crippen LogP contribution in [0.3, 0.4) is 0 Å². The second-order valence-electron chi connectivity index (χ2n) is 3.51. The van der Waals surface area contributed by atoms with Crippen molar-refractivity contribution < 1.29 is 18.0 Å². The minimum absolute atomic E-state index is 0.113. The molecule has 0 fully saturated rings. The van der Waals surface area contributed by atoms with Gasteiger partial charge in [0, 0.05) is 6.20 Å². The molecule has 2 rings (SSSR count). The first-order valence-corrected chi connectivity index (χ1v) is 5.46. The van der Waals surface area contributed by atoms with Gasteiger partial charge in [0.2, 0.25) is 0 Å². The summed E-state index contributed by atoms with van der Waals surface area (Å²) in [7, 11) is 0. The van der Waals surface area contributed by atoms with E-state index in [2.05, 4.69) is 26.0 Å². The lowest BCUT2D eigenvalue weighted by Crippen LogP contribution is -2.19. The summed E-state index contributed by atoms with van der Waals surface area (Å²) in [6.07, 6.45) is -3.16. The van der Waals surface area contributed by atoms with E-state index < -0.39 is 18.6 Å². The quantitative estimate of drug-likeness (QED) is 0.917. The molecule has 0 atom stereocenters. The van der Waals surface area contributed by atoms with Crippen LogP contribution in [-0.4, -0.2) is 26.8 Å². The molecule has 5 nitrogen and oxygen atoms in total. The van der Waals surface area contributed by atoms with Crippen molar-refractivity contribution in [2.45, 2.75) is 12.7 Å². The van der Waals surface area contributed by atoms with Crippen LogP contribution in [0.5, 0.6) is 0 Å². The number of halogens is 4. The van der Waals surface area contributed by atoms with E-state index in [1.165, 1.54) is 12.3 Å². The van der Waals surface area contributed by atoms with Gasteiger partial charge in [-0.25, -0.2) is 0 Å². The Morgan fingerprint density at radius 3 is 2.72 bits per heavy atom. The number of aromatic nitrogens is 3. The van der Waals surface area contributed by atoms with Crippen LogP contribution in [0.2, 0.25) is 0 Å². The number of hydrogen-bond acceptors (Lipinski definition) is 3. The van der Waals surface area contributed by atoms with Crippen LogP contribution in [0.4, 0.5) is 13.2 Å². The van der Waals surface area contributed by atoms with E-state index in [9.17, 15) is 18.0 Å². The van der Waals surface area contributed by atoms with Crippen LogP contribution >= 0.6 is 15.9 Å². The Labute approximate surface area is 107 Å². The molecule has 2 aromatic heterocycles. The zero-order valence-corrected chi connectivity index (χ0v) is 10.3. The smallest absolute Gasteiger partial charge is 0.364 e. The van der Waals surface area contributed by atoms with Gasteiger partial charge in [0.05, 0.1) is 10.9 Å². The van der Waals surface area contributed by atoms with Crippen molar-refractivity contribution in [3.05, 3.63) is 22.6 Å². The topological polar surface area (TPSA) is 73.8 Å². The molecule has 2 heterocycles. The Morgan fingerprint density at radius 1 is 1.50 bits per heavy atom. The van der Waals surface area contributed by atoms with Gasteiger partial charge in [0.25, 0.3) is 5.91 Å². The molecule has 18 heavy (non-hydrogen) atoms. The van der Waals surface area contributed by atoms with Gasteiger partial charge < -0.3 is 5.73 Å². The second-order valence-corrected chi connectivity index (χ2v) is 4.27. The molecule has 0 bridgehead atoms. The van der Waals surface area contributed by atoms with Crippen LogP contribution < -0.4 is 5.73 Å². The zero-order chi connectivity index (χ0) is 13.5. The van der Waals surface area contributed by atoms with E-state index in [1.807, 2.05) is 0 Å². The summed E-state index contributed by atoms with van der Waals surface area (Å²) in [5.41, 5.74) is 5.05. The predicted molar refractivity (Wildman–Crippen MR) is 59.8 cm³/mol. The molecule has 2 N–H and O–H groups in total. The summed E-state index contributed by atoms with van der Waals surface area (Å²) in [6, 6.07) is 1.18. The Kier molecular flexibility index (Phi) is 3.01. The zero-order valence-electron chi connectivity index (χ0n) is 8.70. The molecule has 0 aliphatic heterocycles. The molecule has 0 aliphatic rings. The average Bonchev–Trinajstić information content (AvgIpc) is 2.53. The van der Waals surface area contributed by atoms with Gasteiger partial charge in [-0.05, 0) is 22.0 Å². The summed E-state index contributed by atoms with van der Waals surface area (Å²) >= 11 is 3.03. The normalized spacial score (nSPS) is 12.0. The molecule has 96 valence electrons. The number of rotatable bonds is 2. The fourth-order valence-electron chi connectivity index (χ4n) is 1.46. The molecular weight excluding hydrogens is 317 g/mol. The van der Waals surface area contributed by atoms with E-state index in [0.29, 0.717) is 5.39 Å². The van der Waals surface area contributed by atoms with Crippen molar-refractivity contribution in [2.75, 3.05) is 0 Å². The minimum Gasteiger partial charge on any atom is -0.364 e. The monoisotopic (exact) mass is 322 g/mol. The number of amides is 1. The van der Waals surface area contributed by atoms with Crippen molar-refractivity contribution in [3.63, 3.8) is 0 Å². The highest BCUT2D eigenvalue weighted by Crippen LogP contribution is 2.26. The first kappa shape index (κ1) is 12.8. The summed E-state index contributed by atoms with van der Waals surface area (Å²) in [5, 5.41) is 4.08. The van der Waals surface area contributed by atoms with Gasteiger partial charge in [-0.3, -0.25) is 14.5 Å². The Morgan fingerprint density at radius 2 is 2.17 bits per heavy atom. The fourth-order valence-corrected chi connectivity index (χ4v) is 1.95. The van der Waals surface area contributed by atoms with Gasteiger partial charge in [-0.15, -0.1) is 0 Å². The van der Waals surface area contributed by atoms with E-state index in [4.69, 9.17) is 5.73 Å². The van der Waals surface area contributed by atoms with Crippen LogP contribution in [0.15, 0.2) is 16.9 Å². The summed E-state index contributed by atoms with van der Waals surface area (Å²) < 4.78 is 38.0. The third-order valence-electron chi connectivity index (χ3n) is 2.17. The van der Waals surface area contributed by atoms with Crippen LogP contribution in [0.25, 0.3) is 10.9 Å². The van der Waals surface area contributed by atoms with Crippen LogP contribution in [-0.2, 0) is 6.54 Å². The highest BCUT2D eigenvalue weighted by molar-refractivity contribution is 9.10. The predicted octanol–water partition coefficient (Wildman–Crippen LogP) is 1.85. The Hall–Kier alpha value is -1.64. The number of alkyl halides is 3. The van der Waals surface area contributed by atoms with E-state index in [0.717, 1.165) is 4.68 Å². The van der Waals surface area contributed by atoms with E-state index in [-0.39, 0.29) is 15.8 Å². The number of carbonyl (C=O) groups is 1. The largest absolute Gasteiger partial charge is 0.408 e. The van der Waals surface area contributed by atoms with Crippen molar-refractivity contribution >= 4 is 32.7 Å². The lowest BCUT2D eigenvalue weighted by molar-refractivity contribution is -0.141. The molecule has 2 aromatic rings. The number of carbonyl (C=O) groups excluding carboxylic acids is 1. The highest BCUT2D eigenvalue weighted by Gasteiger charge is 2.29. The van der Waals surface area contributed by atoms with Gasteiger partial charge >= 0.3 is 6.18 Å². The number of primary amides is 1. The van der Waals surface area contributed by atoms with Crippen molar-refractivity contribution in [2.24, 2.45) is 5.73 Å². The van der Waals surface area contributed by atoms with Crippen molar-refractivity contribution in [1.82, 2.24) is 14.8 Å². The van der Waals surface area contributed by atoms with Crippen molar-refractivity contribution in [1.29, 1.82) is 0 Å². The van der Waals surface area contributed by atoms with Gasteiger partial charge in [0.1, 0.15) is 16.8 Å².